The number of aromatic nitrogens is 2. The van der Waals surface area contributed by atoms with Crippen LogP contribution >= 0.6 is 23.4 Å². The van der Waals surface area contributed by atoms with Crippen LogP contribution in [0.15, 0.2) is 0 Å². The van der Waals surface area contributed by atoms with Crippen LogP contribution in [0.2, 0.25) is 5.15 Å². The maximum absolute atomic E-state index is 6.12. The van der Waals surface area contributed by atoms with Gasteiger partial charge in [-0.3, -0.25) is 0 Å². The fraction of sp³-hybridized carbons (Fsp3) is 0.636. The standard InChI is InChI=1S/C11H18ClN3S/c1-7(6-16-5)15(4)11-10(12)13-8(2)9(3)14-11/h7H,6H2,1-5H3. The first-order chi connectivity index (χ1) is 7.47. The van der Waals surface area contributed by atoms with Crippen LogP contribution in [0.3, 0.4) is 0 Å². The van der Waals surface area contributed by atoms with Crippen LogP contribution in [0, 0.1) is 13.8 Å². The van der Waals surface area contributed by atoms with Gasteiger partial charge in [0.05, 0.1) is 11.4 Å². The zero-order valence-electron chi connectivity index (χ0n) is 10.4. The molecule has 1 aromatic heterocycles. The van der Waals surface area contributed by atoms with E-state index < -0.39 is 0 Å². The van der Waals surface area contributed by atoms with E-state index in [0.29, 0.717) is 11.2 Å². The molecule has 3 nitrogen and oxygen atoms in total. The van der Waals surface area contributed by atoms with Crippen LogP contribution in [-0.2, 0) is 0 Å². The molecular formula is C11H18ClN3S. The van der Waals surface area contributed by atoms with E-state index in [0.717, 1.165) is 23.0 Å². The number of aryl methyl sites for hydroxylation is 2. The maximum atomic E-state index is 6.12. The third kappa shape index (κ3) is 3.01. The van der Waals surface area contributed by atoms with Crippen LogP contribution in [0.5, 0.6) is 0 Å². The molecule has 5 heteroatoms. The van der Waals surface area contributed by atoms with E-state index in [-0.39, 0.29) is 0 Å². The molecule has 1 rings (SSSR count). The minimum Gasteiger partial charge on any atom is -0.354 e. The molecule has 0 aromatic carbocycles. The summed E-state index contributed by atoms with van der Waals surface area (Å²) in [7, 11) is 2.01. The highest BCUT2D eigenvalue weighted by molar-refractivity contribution is 7.98. The molecule has 0 fully saturated rings. The van der Waals surface area contributed by atoms with E-state index in [1.165, 1.54) is 0 Å². The maximum Gasteiger partial charge on any atom is 0.171 e. The number of hydrogen-bond donors (Lipinski definition) is 0. The SMILES string of the molecule is CSCC(C)N(C)c1nc(C)c(C)nc1Cl. The summed E-state index contributed by atoms with van der Waals surface area (Å²) >= 11 is 7.93. The van der Waals surface area contributed by atoms with Gasteiger partial charge in [-0.1, -0.05) is 11.6 Å². The summed E-state index contributed by atoms with van der Waals surface area (Å²) in [5, 5.41) is 0.485. The zero-order chi connectivity index (χ0) is 12.3. The topological polar surface area (TPSA) is 29.0 Å². The molecule has 1 aromatic rings. The second-order valence-electron chi connectivity index (χ2n) is 3.92. The van der Waals surface area contributed by atoms with Crippen molar-refractivity contribution in [3.8, 4) is 0 Å². The average molecular weight is 260 g/mol. The van der Waals surface area contributed by atoms with Crippen molar-refractivity contribution in [2.75, 3.05) is 24.0 Å². The van der Waals surface area contributed by atoms with Gasteiger partial charge in [0.25, 0.3) is 0 Å². The van der Waals surface area contributed by atoms with Gasteiger partial charge < -0.3 is 4.90 Å². The molecule has 0 spiro atoms. The fourth-order valence-corrected chi connectivity index (χ4v) is 2.36. The third-order valence-corrected chi connectivity index (χ3v) is 3.72. The Morgan fingerprint density at radius 3 is 2.44 bits per heavy atom. The number of thioether (sulfide) groups is 1. The van der Waals surface area contributed by atoms with Gasteiger partial charge in [-0.25, -0.2) is 9.97 Å². The molecule has 90 valence electrons. The molecule has 1 heterocycles. The molecule has 0 bridgehead atoms. The van der Waals surface area contributed by atoms with Crippen molar-refractivity contribution in [2.24, 2.45) is 0 Å². The van der Waals surface area contributed by atoms with E-state index >= 15 is 0 Å². The molecule has 0 aliphatic carbocycles. The third-order valence-electron chi connectivity index (χ3n) is 2.65. The Morgan fingerprint density at radius 2 is 1.88 bits per heavy atom. The van der Waals surface area contributed by atoms with E-state index in [2.05, 4.69) is 28.0 Å². The van der Waals surface area contributed by atoms with Crippen LogP contribution in [0.4, 0.5) is 5.82 Å². The lowest BCUT2D eigenvalue weighted by Crippen LogP contribution is -2.32. The normalized spacial score (nSPS) is 12.6. The van der Waals surface area contributed by atoms with Gasteiger partial charge in [-0.05, 0) is 27.0 Å². The van der Waals surface area contributed by atoms with Crippen molar-refractivity contribution >= 4 is 29.2 Å². The second kappa shape index (κ2) is 5.73. The van der Waals surface area contributed by atoms with Crippen LogP contribution < -0.4 is 4.90 Å². The number of anilines is 1. The van der Waals surface area contributed by atoms with Crippen LogP contribution in [0.1, 0.15) is 18.3 Å². The van der Waals surface area contributed by atoms with E-state index in [4.69, 9.17) is 11.6 Å². The lowest BCUT2D eigenvalue weighted by atomic mass is 10.3. The van der Waals surface area contributed by atoms with Crippen molar-refractivity contribution in [1.29, 1.82) is 0 Å². The van der Waals surface area contributed by atoms with Gasteiger partial charge in [-0.2, -0.15) is 11.8 Å². The Morgan fingerprint density at radius 1 is 1.31 bits per heavy atom. The molecule has 0 radical (unpaired) electrons. The van der Waals surface area contributed by atoms with E-state index in [9.17, 15) is 0 Å². The van der Waals surface area contributed by atoms with E-state index in [1.807, 2.05) is 32.7 Å². The van der Waals surface area contributed by atoms with Gasteiger partial charge in [0.15, 0.2) is 11.0 Å². The van der Waals surface area contributed by atoms with Crippen molar-refractivity contribution in [2.45, 2.75) is 26.8 Å². The Bertz CT molecular complexity index is 370. The Kier molecular flexibility index (Phi) is 4.87. The van der Waals surface area contributed by atoms with E-state index in [1.54, 1.807) is 0 Å². The largest absolute Gasteiger partial charge is 0.354 e. The average Bonchev–Trinajstić information content (AvgIpc) is 2.23. The summed E-state index contributed by atoms with van der Waals surface area (Å²) in [5.74, 6) is 1.81. The van der Waals surface area contributed by atoms with Crippen LogP contribution in [-0.4, -0.2) is 35.1 Å². The molecule has 0 saturated carbocycles. The molecular weight excluding hydrogens is 242 g/mol. The molecule has 0 N–H and O–H groups in total. The highest BCUT2D eigenvalue weighted by Gasteiger charge is 2.16. The second-order valence-corrected chi connectivity index (χ2v) is 5.19. The number of hydrogen-bond acceptors (Lipinski definition) is 4. The first-order valence-corrected chi connectivity index (χ1v) is 6.97. The molecule has 1 atom stereocenters. The molecule has 0 aliphatic heterocycles. The molecule has 0 amide bonds. The minimum atomic E-state index is 0.393. The Labute approximate surface area is 107 Å². The van der Waals surface area contributed by atoms with Gasteiger partial charge in [0.1, 0.15) is 0 Å². The molecule has 16 heavy (non-hydrogen) atoms. The summed E-state index contributed by atoms with van der Waals surface area (Å²) < 4.78 is 0. The summed E-state index contributed by atoms with van der Waals surface area (Å²) in [6.45, 7) is 6.03. The zero-order valence-corrected chi connectivity index (χ0v) is 12.0. The molecule has 0 saturated heterocycles. The number of nitrogens with zero attached hydrogens (tertiary/aromatic N) is 3. The first kappa shape index (κ1) is 13.6. The Hall–Kier alpha value is -0.480. The van der Waals surface area contributed by atoms with Crippen molar-refractivity contribution < 1.29 is 0 Å². The highest BCUT2D eigenvalue weighted by atomic mass is 35.5. The van der Waals surface area contributed by atoms with Crippen LogP contribution in [0.25, 0.3) is 0 Å². The lowest BCUT2D eigenvalue weighted by Gasteiger charge is -2.26. The summed E-state index contributed by atoms with van der Waals surface area (Å²) in [6.07, 6.45) is 2.10. The molecule has 1 unspecified atom stereocenters. The monoisotopic (exact) mass is 259 g/mol. The Balaban J connectivity index is 2.99. The highest BCUT2D eigenvalue weighted by Crippen LogP contribution is 2.23. The predicted octanol–water partition coefficient (Wildman–Crippen LogP) is 2.93. The smallest absolute Gasteiger partial charge is 0.171 e. The van der Waals surface area contributed by atoms with Crippen molar-refractivity contribution in [3.05, 3.63) is 16.5 Å². The van der Waals surface area contributed by atoms with Gasteiger partial charge in [0, 0.05) is 18.8 Å². The first-order valence-electron chi connectivity index (χ1n) is 5.19. The number of rotatable bonds is 4. The van der Waals surface area contributed by atoms with Crippen molar-refractivity contribution in [3.63, 3.8) is 0 Å². The summed E-state index contributed by atoms with van der Waals surface area (Å²) in [5.41, 5.74) is 1.82. The fourth-order valence-electron chi connectivity index (χ4n) is 1.35. The van der Waals surface area contributed by atoms with Gasteiger partial charge in [-0.15, -0.1) is 0 Å². The summed E-state index contributed by atoms with van der Waals surface area (Å²) in [6, 6.07) is 0.393. The van der Waals surface area contributed by atoms with Crippen molar-refractivity contribution in [1.82, 2.24) is 9.97 Å². The predicted molar refractivity (Wildman–Crippen MR) is 72.8 cm³/mol. The molecule has 0 aliphatic rings. The summed E-state index contributed by atoms with van der Waals surface area (Å²) in [4.78, 5) is 10.9. The minimum absolute atomic E-state index is 0.393. The quantitative estimate of drug-likeness (QED) is 0.832. The van der Waals surface area contributed by atoms with Gasteiger partial charge >= 0.3 is 0 Å². The number of halogens is 1. The lowest BCUT2D eigenvalue weighted by molar-refractivity contribution is 0.747. The van der Waals surface area contributed by atoms with Gasteiger partial charge in [0.2, 0.25) is 0 Å².